The molecule has 1 saturated heterocycles. The van der Waals surface area contributed by atoms with Gasteiger partial charge in [0.05, 0.1) is 5.92 Å². The molecule has 0 aromatic carbocycles. The Labute approximate surface area is 94.9 Å². The van der Waals surface area contributed by atoms with E-state index in [9.17, 15) is 9.59 Å². The minimum absolute atomic E-state index is 0.0625. The fraction of sp³-hybridized carbons (Fsp3) is 0.667. The molecular formula is C12H17NO3. The highest BCUT2D eigenvalue weighted by Crippen LogP contribution is 2.24. The SMILES string of the molecule is O=C(O)[C@@H]1CCCN(C(=O)C2CC=CC2)C1. The third-order valence-corrected chi connectivity index (χ3v) is 3.44. The van der Waals surface area contributed by atoms with Crippen molar-refractivity contribution in [3.8, 4) is 0 Å². The largest absolute Gasteiger partial charge is 0.481 e. The number of carboxylic acids is 1. The van der Waals surface area contributed by atoms with Crippen LogP contribution in [-0.4, -0.2) is 35.0 Å². The highest BCUT2D eigenvalue weighted by molar-refractivity contribution is 5.80. The minimum Gasteiger partial charge on any atom is -0.481 e. The molecule has 88 valence electrons. The first-order valence-corrected chi connectivity index (χ1v) is 5.85. The number of carbonyl (C=O) groups excluding carboxylic acids is 1. The van der Waals surface area contributed by atoms with Crippen LogP contribution >= 0.6 is 0 Å². The van der Waals surface area contributed by atoms with Crippen molar-refractivity contribution >= 4 is 11.9 Å². The van der Waals surface area contributed by atoms with Crippen LogP contribution in [0.15, 0.2) is 12.2 Å². The Morgan fingerprint density at radius 1 is 1.19 bits per heavy atom. The van der Waals surface area contributed by atoms with E-state index in [-0.39, 0.29) is 17.7 Å². The van der Waals surface area contributed by atoms with E-state index in [1.807, 2.05) is 12.2 Å². The molecule has 1 N–H and O–H groups in total. The smallest absolute Gasteiger partial charge is 0.308 e. The maximum absolute atomic E-state index is 12.1. The molecule has 0 saturated carbocycles. The van der Waals surface area contributed by atoms with E-state index >= 15 is 0 Å². The summed E-state index contributed by atoms with van der Waals surface area (Å²) in [7, 11) is 0. The lowest BCUT2D eigenvalue weighted by Crippen LogP contribution is -2.44. The van der Waals surface area contributed by atoms with Crippen LogP contribution < -0.4 is 0 Å². The molecule has 4 heteroatoms. The zero-order valence-electron chi connectivity index (χ0n) is 9.26. The second-order valence-electron chi connectivity index (χ2n) is 4.60. The number of hydrogen-bond acceptors (Lipinski definition) is 2. The van der Waals surface area contributed by atoms with E-state index in [1.54, 1.807) is 4.90 Å². The Hall–Kier alpha value is -1.32. The standard InChI is InChI=1S/C12H17NO3/c14-11(9-4-1-2-5-9)13-7-3-6-10(8-13)12(15)16/h1-2,9-10H,3-8H2,(H,15,16)/t10-/m1/s1. The number of rotatable bonds is 2. The molecule has 0 aromatic heterocycles. The Morgan fingerprint density at radius 3 is 2.50 bits per heavy atom. The van der Waals surface area contributed by atoms with Crippen molar-refractivity contribution < 1.29 is 14.7 Å². The van der Waals surface area contributed by atoms with Crippen molar-refractivity contribution in [1.29, 1.82) is 0 Å². The van der Waals surface area contributed by atoms with E-state index in [2.05, 4.69) is 0 Å². The number of likely N-dealkylation sites (tertiary alicyclic amines) is 1. The second kappa shape index (κ2) is 4.68. The maximum atomic E-state index is 12.1. The van der Waals surface area contributed by atoms with Crippen molar-refractivity contribution in [2.75, 3.05) is 13.1 Å². The van der Waals surface area contributed by atoms with E-state index in [4.69, 9.17) is 5.11 Å². The summed E-state index contributed by atoms with van der Waals surface area (Å²) in [6, 6.07) is 0. The monoisotopic (exact) mass is 223 g/mol. The van der Waals surface area contributed by atoms with Crippen LogP contribution in [-0.2, 0) is 9.59 Å². The van der Waals surface area contributed by atoms with Gasteiger partial charge in [-0.2, -0.15) is 0 Å². The van der Waals surface area contributed by atoms with Crippen molar-refractivity contribution in [2.45, 2.75) is 25.7 Å². The predicted octanol–water partition coefficient (Wildman–Crippen LogP) is 1.28. The number of nitrogens with zero attached hydrogens (tertiary/aromatic N) is 1. The summed E-state index contributed by atoms with van der Waals surface area (Å²) in [5.74, 6) is -0.947. The Bertz CT molecular complexity index is 316. The third kappa shape index (κ3) is 2.26. The molecule has 16 heavy (non-hydrogen) atoms. The Balaban J connectivity index is 1.93. The van der Waals surface area contributed by atoms with Gasteiger partial charge in [-0.3, -0.25) is 9.59 Å². The first kappa shape index (κ1) is 11.2. The summed E-state index contributed by atoms with van der Waals surface area (Å²) >= 11 is 0. The van der Waals surface area contributed by atoms with E-state index < -0.39 is 5.97 Å². The Kier molecular flexibility index (Phi) is 3.27. The van der Waals surface area contributed by atoms with Crippen LogP contribution in [0, 0.1) is 11.8 Å². The quantitative estimate of drug-likeness (QED) is 0.717. The van der Waals surface area contributed by atoms with E-state index in [1.165, 1.54) is 0 Å². The first-order valence-electron chi connectivity index (χ1n) is 5.85. The van der Waals surface area contributed by atoms with Gasteiger partial charge in [0.2, 0.25) is 5.91 Å². The fourth-order valence-electron chi connectivity index (χ4n) is 2.46. The number of aliphatic carboxylic acids is 1. The molecule has 1 aliphatic carbocycles. The van der Waals surface area contributed by atoms with Gasteiger partial charge in [-0.1, -0.05) is 12.2 Å². The highest BCUT2D eigenvalue weighted by Gasteiger charge is 2.31. The van der Waals surface area contributed by atoms with Gasteiger partial charge in [-0.25, -0.2) is 0 Å². The number of piperidine rings is 1. The molecule has 0 bridgehead atoms. The summed E-state index contributed by atoms with van der Waals surface area (Å²) in [5, 5.41) is 8.95. The lowest BCUT2D eigenvalue weighted by atomic mass is 9.96. The molecule has 1 aliphatic heterocycles. The Morgan fingerprint density at radius 2 is 1.88 bits per heavy atom. The van der Waals surface area contributed by atoms with Gasteiger partial charge in [0.1, 0.15) is 0 Å². The van der Waals surface area contributed by atoms with Crippen LogP contribution in [0.2, 0.25) is 0 Å². The topological polar surface area (TPSA) is 57.6 Å². The average molecular weight is 223 g/mol. The maximum Gasteiger partial charge on any atom is 0.308 e. The molecule has 0 spiro atoms. The zero-order chi connectivity index (χ0) is 11.5. The van der Waals surface area contributed by atoms with Crippen molar-refractivity contribution in [3.05, 3.63) is 12.2 Å². The molecular weight excluding hydrogens is 206 g/mol. The van der Waals surface area contributed by atoms with Crippen LogP contribution in [0.5, 0.6) is 0 Å². The number of carbonyl (C=O) groups is 2. The summed E-state index contributed by atoms with van der Waals surface area (Å²) < 4.78 is 0. The molecule has 1 fully saturated rings. The highest BCUT2D eigenvalue weighted by atomic mass is 16.4. The fourth-order valence-corrected chi connectivity index (χ4v) is 2.46. The zero-order valence-corrected chi connectivity index (χ0v) is 9.26. The van der Waals surface area contributed by atoms with Crippen molar-refractivity contribution in [1.82, 2.24) is 4.90 Å². The van der Waals surface area contributed by atoms with E-state index in [0.29, 0.717) is 13.0 Å². The van der Waals surface area contributed by atoms with Crippen LogP contribution in [0.25, 0.3) is 0 Å². The van der Waals surface area contributed by atoms with Gasteiger partial charge in [-0.15, -0.1) is 0 Å². The van der Waals surface area contributed by atoms with Crippen molar-refractivity contribution in [3.63, 3.8) is 0 Å². The lowest BCUT2D eigenvalue weighted by molar-refractivity contribution is -0.146. The molecule has 4 nitrogen and oxygen atoms in total. The van der Waals surface area contributed by atoms with Crippen LogP contribution in [0.1, 0.15) is 25.7 Å². The summed E-state index contributed by atoms with van der Waals surface area (Å²) in [4.78, 5) is 24.7. The summed E-state index contributed by atoms with van der Waals surface area (Å²) in [6.45, 7) is 1.11. The normalized spacial score (nSPS) is 26.0. The molecule has 1 atom stereocenters. The van der Waals surface area contributed by atoms with Crippen molar-refractivity contribution in [2.24, 2.45) is 11.8 Å². The van der Waals surface area contributed by atoms with Gasteiger partial charge in [0.25, 0.3) is 0 Å². The number of amides is 1. The summed E-state index contributed by atoms with van der Waals surface area (Å²) in [6.07, 6.45) is 7.19. The van der Waals surface area contributed by atoms with Gasteiger partial charge in [0, 0.05) is 19.0 Å². The predicted molar refractivity (Wildman–Crippen MR) is 58.8 cm³/mol. The van der Waals surface area contributed by atoms with Crippen LogP contribution in [0.4, 0.5) is 0 Å². The van der Waals surface area contributed by atoms with Crippen LogP contribution in [0.3, 0.4) is 0 Å². The van der Waals surface area contributed by atoms with Gasteiger partial charge in [-0.05, 0) is 25.7 Å². The molecule has 0 unspecified atom stereocenters. The molecule has 0 aromatic rings. The first-order chi connectivity index (χ1) is 7.68. The molecule has 2 rings (SSSR count). The van der Waals surface area contributed by atoms with Gasteiger partial charge in [0.15, 0.2) is 0 Å². The number of allylic oxidation sites excluding steroid dienone is 2. The molecule has 1 amide bonds. The lowest BCUT2D eigenvalue weighted by Gasteiger charge is -2.32. The summed E-state index contributed by atoms with van der Waals surface area (Å²) in [5.41, 5.74) is 0. The van der Waals surface area contributed by atoms with Gasteiger partial charge < -0.3 is 10.0 Å². The molecule has 0 radical (unpaired) electrons. The second-order valence-corrected chi connectivity index (χ2v) is 4.60. The number of carboxylic acid groups (broad SMARTS) is 1. The molecule has 2 aliphatic rings. The van der Waals surface area contributed by atoms with Gasteiger partial charge >= 0.3 is 5.97 Å². The third-order valence-electron chi connectivity index (χ3n) is 3.44. The number of hydrogen-bond donors (Lipinski definition) is 1. The van der Waals surface area contributed by atoms with E-state index in [0.717, 1.165) is 25.8 Å². The molecule has 1 heterocycles. The average Bonchev–Trinajstić information content (AvgIpc) is 2.81. The minimum atomic E-state index is -0.776.